The standard InChI is InChI=1S/C58H109NO5/c1-4-7-10-13-16-19-22-25-28-31-34-37-40-43-46-49-54(64-58(63)51-48-45-42-39-36-33-30-27-24-21-18-15-12-9-6-3)52-57(62)59-55(53-60)56(61)50-47-44-41-38-35-32-29-26-23-20-17-14-11-8-5-2/h9,12,15,18,21,24,54-56,60-61H,4-8,10-11,13-14,16-17,19-20,22-23,25-53H2,1-3H3,(H,59,62)/b12-9+,18-15+,24-21+. The van der Waals surface area contributed by atoms with E-state index in [0.717, 1.165) is 57.8 Å². The lowest BCUT2D eigenvalue weighted by atomic mass is 10.0. The molecule has 0 bridgehead atoms. The highest BCUT2D eigenvalue weighted by Crippen LogP contribution is 2.19. The molecule has 0 fully saturated rings. The molecule has 0 aromatic rings. The van der Waals surface area contributed by atoms with Gasteiger partial charge in [0.1, 0.15) is 6.10 Å². The summed E-state index contributed by atoms with van der Waals surface area (Å²) < 4.78 is 5.96. The summed E-state index contributed by atoms with van der Waals surface area (Å²) in [6.07, 6.45) is 62.0. The molecule has 0 rings (SSSR count). The van der Waals surface area contributed by atoms with Gasteiger partial charge in [-0.05, 0) is 44.9 Å². The average Bonchev–Trinajstić information content (AvgIpc) is 3.29. The van der Waals surface area contributed by atoms with E-state index >= 15 is 0 Å². The zero-order valence-corrected chi connectivity index (χ0v) is 42.9. The van der Waals surface area contributed by atoms with Crippen LogP contribution in [0.25, 0.3) is 0 Å². The smallest absolute Gasteiger partial charge is 0.306 e. The summed E-state index contributed by atoms with van der Waals surface area (Å²) in [4.78, 5) is 26.2. The van der Waals surface area contributed by atoms with Crippen LogP contribution in [0, 0.1) is 0 Å². The Morgan fingerprint density at radius 3 is 1.27 bits per heavy atom. The summed E-state index contributed by atoms with van der Waals surface area (Å²) in [7, 11) is 0. The monoisotopic (exact) mass is 900 g/mol. The molecule has 3 unspecified atom stereocenters. The summed E-state index contributed by atoms with van der Waals surface area (Å²) in [5.41, 5.74) is 0. The lowest BCUT2D eigenvalue weighted by Gasteiger charge is -2.24. The van der Waals surface area contributed by atoms with Crippen molar-refractivity contribution in [1.29, 1.82) is 0 Å². The summed E-state index contributed by atoms with van der Waals surface area (Å²) in [5.74, 6) is -0.471. The molecule has 0 aliphatic rings. The summed E-state index contributed by atoms with van der Waals surface area (Å²) in [6, 6.07) is -0.701. The van der Waals surface area contributed by atoms with Crippen molar-refractivity contribution >= 4 is 11.9 Å². The van der Waals surface area contributed by atoms with Gasteiger partial charge in [-0.15, -0.1) is 0 Å². The number of rotatable bonds is 51. The second-order valence-electron chi connectivity index (χ2n) is 19.4. The Morgan fingerprint density at radius 1 is 0.469 bits per heavy atom. The lowest BCUT2D eigenvalue weighted by molar-refractivity contribution is -0.151. The number of nitrogens with one attached hydrogen (secondary N) is 1. The number of unbranched alkanes of at least 4 members (excludes halogenated alkanes) is 35. The van der Waals surface area contributed by atoms with Crippen molar-refractivity contribution in [2.45, 2.75) is 315 Å². The molecule has 6 nitrogen and oxygen atoms in total. The van der Waals surface area contributed by atoms with Crippen molar-refractivity contribution < 1.29 is 24.5 Å². The van der Waals surface area contributed by atoms with Crippen LogP contribution in [0.15, 0.2) is 36.5 Å². The molecule has 0 aromatic carbocycles. The minimum Gasteiger partial charge on any atom is -0.462 e. The average molecular weight is 901 g/mol. The molecular formula is C58H109NO5. The number of esters is 1. The first-order chi connectivity index (χ1) is 31.5. The van der Waals surface area contributed by atoms with Crippen molar-refractivity contribution in [2.24, 2.45) is 0 Å². The predicted molar refractivity (Wildman–Crippen MR) is 278 cm³/mol. The van der Waals surface area contributed by atoms with Crippen LogP contribution in [-0.2, 0) is 14.3 Å². The van der Waals surface area contributed by atoms with Gasteiger partial charge in [-0.1, -0.05) is 276 Å². The van der Waals surface area contributed by atoms with Gasteiger partial charge in [0.2, 0.25) is 5.91 Å². The zero-order valence-electron chi connectivity index (χ0n) is 42.9. The third-order valence-electron chi connectivity index (χ3n) is 13.0. The molecule has 3 atom stereocenters. The van der Waals surface area contributed by atoms with Crippen molar-refractivity contribution in [3.63, 3.8) is 0 Å². The third kappa shape index (κ3) is 46.6. The minimum absolute atomic E-state index is 0.0773. The predicted octanol–water partition coefficient (Wildman–Crippen LogP) is 17.2. The zero-order chi connectivity index (χ0) is 46.7. The second kappa shape index (κ2) is 52.1. The first kappa shape index (κ1) is 62.1. The van der Waals surface area contributed by atoms with Crippen LogP contribution >= 0.6 is 0 Å². The Morgan fingerprint density at radius 2 is 0.844 bits per heavy atom. The number of hydrogen-bond donors (Lipinski definition) is 3. The Balaban J connectivity index is 4.54. The Labute approximate surface area is 398 Å². The lowest BCUT2D eigenvalue weighted by Crippen LogP contribution is -2.46. The van der Waals surface area contributed by atoms with Gasteiger partial charge in [0.15, 0.2) is 0 Å². The molecule has 0 aliphatic carbocycles. The van der Waals surface area contributed by atoms with E-state index in [-0.39, 0.29) is 24.9 Å². The van der Waals surface area contributed by atoms with E-state index in [4.69, 9.17) is 4.74 Å². The molecule has 0 saturated carbocycles. The molecule has 3 N–H and O–H groups in total. The normalized spacial score (nSPS) is 13.4. The summed E-state index contributed by atoms with van der Waals surface area (Å²) in [6.45, 7) is 6.39. The highest BCUT2D eigenvalue weighted by atomic mass is 16.5. The molecule has 64 heavy (non-hydrogen) atoms. The maximum atomic E-state index is 13.3. The first-order valence-electron chi connectivity index (χ1n) is 28.2. The van der Waals surface area contributed by atoms with Crippen LogP contribution in [0.3, 0.4) is 0 Å². The van der Waals surface area contributed by atoms with Gasteiger partial charge in [-0.3, -0.25) is 9.59 Å². The fourth-order valence-corrected chi connectivity index (χ4v) is 8.79. The van der Waals surface area contributed by atoms with Crippen LogP contribution < -0.4 is 5.32 Å². The molecule has 6 heteroatoms. The van der Waals surface area contributed by atoms with Crippen LogP contribution in [0.2, 0.25) is 0 Å². The fourth-order valence-electron chi connectivity index (χ4n) is 8.79. The van der Waals surface area contributed by atoms with E-state index in [1.165, 1.54) is 193 Å². The van der Waals surface area contributed by atoms with Crippen molar-refractivity contribution in [3.8, 4) is 0 Å². The Kier molecular flexibility index (Phi) is 50.5. The number of ether oxygens (including phenoxy) is 1. The van der Waals surface area contributed by atoms with E-state index in [1.54, 1.807) is 0 Å². The number of hydrogen-bond acceptors (Lipinski definition) is 5. The summed E-state index contributed by atoms with van der Waals surface area (Å²) in [5, 5.41) is 23.9. The van der Waals surface area contributed by atoms with Crippen molar-refractivity contribution in [2.75, 3.05) is 6.61 Å². The van der Waals surface area contributed by atoms with E-state index in [0.29, 0.717) is 19.3 Å². The van der Waals surface area contributed by atoms with Crippen molar-refractivity contribution in [1.82, 2.24) is 5.32 Å². The Hall–Kier alpha value is -1.92. The van der Waals surface area contributed by atoms with E-state index in [2.05, 4.69) is 62.5 Å². The van der Waals surface area contributed by atoms with Gasteiger partial charge >= 0.3 is 5.97 Å². The molecule has 0 radical (unpaired) electrons. The quantitative estimate of drug-likeness (QED) is 0.0321. The van der Waals surface area contributed by atoms with Crippen LogP contribution in [0.5, 0.6) is 0 Å². The van der Waals surface area contributed by atoms with E-state index in [1.807, 2.05) is 0 Å². The van der Waals surface area contributed by atoms with Gasteiger partial charge in [0.25, 0.3) is 0 Å². The molecule has 1 amide bonds. The van der Waals surface area contributed by atoms with Gasteiger partial charge in [-0.2, -0.15) is 0 Å². The first-order valence-corrected chi connectivity index (χ1v) is 28.2. The summed E-state index contributed by atoms with van der Waals surface area (Å²) >= 11 is 0. The van der Waals surface area contributed by atoms with Crippen LogP contribution in [0.1, 0.15) is 297 Å². The van der Waals surface area contributed by atoms with Crippen LogP contribution in [0.4, 0.5) is 0 Å². The highest BCUT2D eigenvalue weighted by Gasteiger charge is 2.24. The van der Waals surface area contributed by atoms with E-state index in [9.17, 15) is 19.8 Å². The maximum absolute atomic E-state index is 13.3. The number of aliphatic hydroxyl groups is 2. The third-order valence-corrected chi connectivity index (χ3v) is 13.0. The molecule has 0 heterocycles. The van der Waals surface area contributed by atoms with E-state index < -0.39 is 18.2 Å². The molecule has 0 spiro atoms. The number of aliphatic hydroxyl groups excluding tert-OH is 2. The molecule has 0 aromatic heterocycles. The molecule has 0 aliphatic heterocycles. The number of allylic oxidation sites excluding steroid dienone is 6. The molecular weight excluding hydrogens is 791 g/mol. The topological polar surface area (TPSA) is 95.9 Å². The van der Waals surface area contributed by atoms with Gasteiger partial charge in [-0.25, -0.2) is 0 Å². The maximum Gasteiger partial charge on any atom is 0.306 e. The fraction of sp³-hybridized carbons (Fsp3) is 0.862. The van der Waals surface area contributed by atoms with Gasteiger partial charge < -0.3 is 20.3 Å². The second-order valence-corrected chi connectivity index (χ2v) is 19.4. The van der Waals surface area contributed by atoms with Crippen molar-refractivity contribution in [3.05, 3.63) is 36.5 Å². The minimum atomic E-state index is -0.787. The number of carbonyl (C=O) groups excluding carboxylic acids is 2. The SMILES string of the molecule is CC/C=C/C=C/C=C/CCCCCCCCCC(=O)OC(CCCCCCCCCCCCCCCCC)CC(=O)NC(CO)C(O)CCCCCCCCCCCCCCCCC. The Bertz CT molecular complexity index is 1060. The largest absolute Gasteiger partial charge is 0.462 e. The highest BCUT2D eigenvalue weighted by molar-refractivity contribution is 5.77. The van der Waals surface area contributed by atoms with Gasteiger partial charge in [0, 0.05) is 6.42 Å². The molecule has 376 valence electrons. The van der Waals surface area contributed by atoms with Crippen LogP contribution in [-0.4, -0.2) is 46.9 Å². The number of carbonyl (C=O) groups is 2. The molecule has 0 saturated heterocycles. The number of amides is 1. The van der Waals surface area contributed by atoms with Gasteiger partial charge in [0.05, 0.1) is 25.2 Å².